The van der Waals surface area contributed by atoms with Crippen molar-refractivity contribution in [3.63, 3.8) is 0 Å². The van der Waals surface area contributed by atoms with Gasteiger partial charge in [0.25, 0.3) is 0 Å². The Hall–Kier alpha value is -5.73. The maximum Gasteiger partial charge on any atom is 0.331 e. The lowest BCUT2D eigenvalue weighted by Crippen LogP contribution is -2.13. The quantitative estimate of drug-likeness (QED) is 0.117. The predicted octanol–water partition coefficient (Wildman–Crippen LogP) is 8.24. The van der Waals surface area contributed by atoms with Crippen LogP contribution in [0.1, 0.15) is 39.5 Å². The van der Waals surface area contributed by atoms with Crippen LogP contribution in [0.15, 0.2) is 72.8 Å². The van der Waals surface area contributed by atoms with Gasteiger partial charge in [0.2, 0.25) is 0 Å². The fourth-order valence-corrected chi connectivity index (χ4v) is 5.57. The van der Waals surface area contributed by atoms with Gasteiger partial charge in [0.05, 0.1) is 6.61 Å². The number of hydrogen-bond donors (Lipinski definition) is 2. The molecule has 1 atom stereocenters. The molecule has 16 heteroatoms. The summed E-state index contributed by atoms with van der Waals surface area (Å²) >= 11 is 12.2. The Labute approximate surface area is 301 Å². The van der Waals surface area contributed by atoms with Crippen LogP contribution in [0, 0.1) is 5.92 Å². The number of ether oxygens (including phenoxy) is 3. The molecule has 0 saturated carbocycles. The van der Waals surface area contributed by atoms with Crippen molar-refractivity contribution in [3.8, 4) is 52.4 Å². The molecule has 0 aliphatic carbocycles. The van der Waals surface area contributed by atoms with Gasteiger partial charge in [-0.05, 0) is 73.0 Å². The van der Waals surface area contributed by atoms with Crippen LogP contribution in [-0.2, 0) is 0 Å². The zero-order valence-corrected chi connectivity index (χ0v) is 29.0. The van der Waals surface area contributed by atoms with Crippen molar-refractivity contribution in [1.82, 2.24) is 44.9 Å². The average Bonchev–Trinajstić information content (AvgIpc) is 3.72. The summed E-state index contributed by atoms with van der Waals surface area (Å²) in [6, 6.07) is 19.2. The lowest BCUT2D eigenvalue weighted by atomic mass is 10.0. The second-order valence-electron chi connectivity index (χ2n) is 11.7. The molecule has 0 bridgehead atoms. The minimum absolute atomic E-state index is 0.0104. The number of benzene rings is 4. The zero-order chi connectivity index (χ0) is 35.5. The van der Waals surface area contributed by atoms with E-state index in [9.17, 15) is 10.2 Å². The summed E-state index contributed by atoms with van der Waals surface area (Å²) in [5.41, 5.74) is 3.02. The molecule has 0 spiro atoms. The van der Waals surface area contributed by atoms with Crippen LogP contribution in [0.5, 0.6) is 41.0 Å². The molecule has 3 heterocycles. The van der Waals surface area contributed by atoms with Crippen LogP contribution in [0.3, 0.4) is 0 Å². The van der Waals surface area contributed by atoms with Gasteiger partial charge in [0, 0.05) is 22.2 Å². The van der Waals surface area contributed by atoms with Gasteiger partial charge in [-0.3, -0.25) is 0 Å². The topological polar surface area (TPSA) is 168 Å². The number of aromatic hydroxyl groups is 2. The van der Waals surface area contributed by atoms with E-state index in [-0.39, 0.29) is 41.0 Å². The number of phenolic OH excluding ortho intramolecular Hbond substituents is 2. The molecule has 3 aromatic heterocycles. The standard InChI is InChI=1S/C35H31Cl2N9O5/c1-3-5-6-20(4-2)19-49-33-38-34(50-23-9-13-29(31(47)17-23)45-41-25-11-7-21(36)15-27(25)43-45)40-35(39-33)51-24-10-14-30(32(48)18-24)46-42-26-12-8-22(37)16-28(26)44-46/h7-18,20,47-48H,3-6,19H2,1-2H3. The number of rotatable bonds is 13. The first-order chi connectivity index (χ1) is 24.7. The van der Waals surface area contributed by atoms with E-state index < -0.39 is 0 Å². The molecule has 0 radical (unpaired) electrons. The normalized spacial score (nSPS) is 12.0. The van der Waals surface area contributed by atoms with Crippen molar-refractivity contribution >= 4 is 45.3 Å². The molecule has 0 amide bonds. The summed E-state index contributed by atoms with van der Waals surface area (Å²) in [5, 5.41) is 40.5. The van der Waals surface area contributed by atoms with Crippen molar-refractivity contribution < 1.29 is 24.4 Å². The molecule has 0 fully saturated rings. The number of fused-ring (bicyclic) bond motifs is 2. The summed E-state index contributed by atoms with van der Waals surface area (Å²) < 4.78 is 17.9. The lowest BCUT2D eigenvalue weighted by Gasteiger charge is -2.15. The highest BCUT2D eigenvalue weighted by Crippen LogP contribution is 2.33. The first kappa shape index (κ1) is 33.8. The van der Waals surface area contributed by atoms with Crippen LogP contribution in [0.25, 0.3) is 33.4 Å². The van der Waals surface area contributed by atoms with Gasteiger partial charge in [-0.25, -0.2) is 0 Å². The van der Waals surface area contributed by atoms with E-state index in [1.165, 1.54) is 21.7 Å². The van der Waals surface area contributed by atoms with Crippen molar-refractivity contribution in [2.24, 2.45) is 5.92 Å². The molecule has 2 N–H and O–H groups in total. The van der Waals surface area contributed by atoms with E-state index in [0.29, 0.717) is 56.0 Å². The van der Waals surface area contributed by atoms with E-state index in [1.54, 1.807) is 60.7 Å². The van der Waals surface area contributed by atoms with Crippen molar-refractivity contribution in [2.75, 3.05) is 6.61 Å². The highest BCUT2D eigenvalue weighted by Gasteiger charge is 2.18. The molecule has 4 aromatic carbocycles. The van der Waals surface area contributed by atoms with Gasteiger partial charge in [-0.1, -0.05) is 56.3 Å². The number of unbranched alkanes of at least 4 members (excludes halogenated alkanes) is 1. The number of phenols is 2. The van der Waals surface area contributed by atoms with E-state index in [4.69, 9.17) is 37.4 Å². The summed E-state index contributed by atoms with van der Waals surface area (Å²) in [6.07, 6.45) is 4.09. The third-order valence-electron chi connectivity index (χ3n) is 7.99. The molecule has 51 heavy (non-hydrogen) atoms. The van der Waals surface area contributed by atoms with E-state index >= 15 is 0 Å². The van der Waals surface area contributed by atoms with E-state index in [0.717, 1.165) is 25.7 Å². The average molecular weight is 729 g/mol. The second kappa shape index (κ2) is 14.6. The molecule has 0 saturated heterocycles. The molecule has 260 valence electrons. The molecule has 7 aromatic rings. The minimum atomic E-state index is -0.152. The first-order valence-electron chi connectivity index (χ1n) is 16.2. The van der Waals surface area contributed by atoms with E-state index in [1.807, 2.05) is 0 Å². The smallest absolute Gasteiger partial charge is 0.331 e. The Morgan fingerprint density at radius 1 is 0.627 bits per heavy atom. The van der Waals surface area contributed by atoms with Gasteiger partial charge in [-0.15, -0.1) is 44.9 Å². The fourth-order valence-electron chi connectivity index (χ4n) is 5.24. The van der Waals surface area contributed by atoms with Gasteiger partial charge in [0.15, 0.2) is 0 Å². The van der Waals surface area contributed by atoms with Crippen molar-refractivity contribution in [3.05, 3.63) is 82.8 Å². The molecule has 1 unspecified atom stereocenters. The van der Waals surface area contributed by atoms with Crippen molar-refractivity contribution in [1.29, 1.82) is 0 Å². The highest BCUT2D eigenvalue weighted by molar-refractivity contribution is 6.31. The third kappa shape index (κ3) is 7.71. The third-order valence-corrected chi connectivity index (χ3v) is 8.46. The van der Waals surface area contributed by atoms with Crippen molar-refractivity contribution in [2.45, 2.75) is 39.5 Å². The maximum atomic E-state index is 10.9. The molecule has 0 aliphatic rings. The Morgan fingerprint density at radius 3 is 1.59 bits per heavy atom. The van der Waals surface area contributed by atoms with Gasteiger partial charge >= 0.3 is 18.0 Å². The predicted molar refractivity (Wildman–Crippen MR) is 190 cm³/mol. The van der Waals surface area contributed by atoms with Gasteiger partial charge in [-0.2, -0.15) is 0 Å². The minimum Gasteiger partial charge on any atom is -0.505 e. The Morgan fingerprint density at radius 2 is 1.12 bits per heavy atom. The maximum absolute atomic E-state index is 10.9. The fraction of sp³-hybridized carbons (Fsp3) is 0.229. The summed E-state index contributed by atoms with van der Waals surface area (Å²) in [6.45, 7) is 4.64. The van der Waals surface area contributed by atoms with Gasteiger partial charge < -0.3 is 24.4 Å². The SMILES string of the molecule is CCCCC(CC)COc1nc(Oc2ccc(-n3nc4ccc(Cl)cc4n3)c(O)c2)nc(Oc2ccc(-n3nc4ccc(Cl)cc4n3)c(O)c2)n1. The Bertz CT molecular complexity index is 2200. The number of nitrogens with zero attached hydrogens (tertiary/aromatic N) is 9. The summed E-state index contributed by atoms with van der Waals surface area (Å²) in [4.78, 5) is 15.6. The lowest BCUT2D eigenvalue weighted by molar-refractivity contribution is 0.211. The Balaban J connectivity index is 1.14. The summed E-state index contributed by atoms with van der Waals surface area (Å²) in [5.74, 6) is 0.435. The first-order valence-corrected chi connectivity index (χ1v) is 17.0. The molecule has 7 rings (SSSR count). The highest BCUT2D eigenvalue weighted by atomic mass is 35.5. The number of hydrogen-bond acceptors (Lipinski definition) is 12. The molecular weight excluding hydrogens is 697 g/mol. The summed E-state index contributed by atoms with van der Waals surface area (Å²) in [7, 11) is 0. The van der Waals surface area contributed by atoms with Crippen LogP contribution < -0.4 is 14.2 Å². The van der Waals surface area contributed by atoms with Crippen LogP contribution >= 0.6 is 23.2 Å². The van der Waals surface area contributed by atoms with Crippen LogP contribution in [0.4, 0.5) is 0 Å². The zero-order valence-electron chi connectivity index (χ0n) is 27.4. The van der Waals surface area contributed by atoms with Gasteiger partial charge in [0.1, 0.15) is 56.4 Å². The molecule has 14 nitrogen and oxygen atoms in total. The largest absolute Gasteiger partial charge is 0.505 e. The Kier molecular flexibility index (Phi) is 9.68. The second-order valence-corrected chi connectivity index (χ2v) is 12.5. The van der Waals surface area contributed by atoms with E-state index in [2.05, 4.69) is 49.2 Å². The molecule has 0 aliphatic heterocycles. The number of aromatic nitrogens is 9. The van der Waals surface area contributed by atoms with Crippen LogP contribution in [-0.4, -0.2) is 61.8 Å². The molecular formula is C35H31Cl2N9O5. The monoisotopic (exact) mass is 727 g/mol. The van der Waals surface area contributed by atoms with Crippen LogP contribution in [0.2, 0.25) is 10.0 Å². The number of halogens is 2.